The van der Waals surface area contributed by atoms with Crippen molar-refractivity contribution < 1.29 is 33.6 Å². The van der Waals surface area contributed by atoms with E-state index in [1.807, 2.05) is 0 Å². The number of hydrogen-bond donors (Lipinski definition) is 1. The highest BCUT2D eigenvalue weighted by atomic mass is 16.6. The van der Waals surface area contributed by atoms with Crippen LogP contribution < -0.4 is 0 Å². The van der Waals surface area contributed by atoms with E-state index in [0.717, 1.165) is 0 Å². The first-order valence-corrected chi connectivity index (χ1v) is 5.77. The Morgan fingerprint density at radius 1 is 0.944 bits per heavy atom. The molecule has 1 N–H and O–H groups in total. The molecule has 0 unspecified atom stereocenters. The Morgan fingerprint density at radius 2 is 1.50 bits per heavy atom. The molecule has 0 bridgehead atoms. The second kappa shape index (κ2) is 12.3. The SMILES string of the molecule is CCOC(=O)CCOCCOCCOCC(=O)O. The number of ether oxygens (including phenoxy) is 4. The fraction of sp³-hybridized carbons (Fsp3) is 0.818. The number of carboxylic acids is 1. The lowest BCUT2D eigenvalue weighted by atomic mass is 10.5. The zero-order valence-corrected chi connectivity index (χ0v) is 10.6. The summed E-state index contributed by atoms with van der Waals surface area (Å²) in [5, 5.41) is 8.27. The maximum Gasteiger partial charge on any atom is 0.329 e. The Balaban J connectivity index is 3.07. The Bertz CT molecular complexity index is 229. The Morgan fingerprint density at radius 3 is 2.06 bits per heavy atom. The molecule has 0 heterocycles. The molecule has 0 rings (SSSR count). The standard InChI is InChI=1S/C11H20O7/c1-2-18-11(14)3-4-15-5-6-16-7-8-17-9-10(12)13/h2-9H2,1H3,(H,12,13). The molecule has 106 valence electrons. The highest BCUT2D eigenvalue weighted by Gasteiger charge is 2.00. The summed E-state index contributed by atoms with van der Waals surface area (Å²) in [4.78, 5) is 21.0. The van der Waals surface area contributed by atoms with Gasteiger partial charge >= 0.3 is 11.9 Å². The molecule has 0 aromatic heterocycles. The van der Waals surface area contributed by atoms with Crippen LogP contribution in [-0.4, -0.2) is 63.3 Å². The van der Waals surface area contributed by atoms with Crippen LogP contribution in [0.25, 0.3) is 0 Å². The van der Waals surface area contributed by atoms with E-state index in [-0.39, 0.29) is 25.6 Å². The molecule has 0 radical (unpaired) electrons. The molecule has 0 spiro atoms. The third-order valence-corrected chi connectivity index (χ3v) is 1.73. The number of rotatable bonds is 12. The van der Waals surface area contributed by atoms with Crippen molar-refractivity contribution >= 4 is 11.9 Å². The zero-order valence-electron chi connectivity index (χ0n) is 10.6. The summed E-state index contributed by atoms with van der Waals surface area (Å²) < 4.78 is 19.7. The van der Waals surface area contributed by atoms with Gasteiger partial charge in [-0.05, 0) is 6.92 Å². The van der Waals surface area contributed by atoms with Crippen molar-refractivity contribution in [3.63, 3.8) is 0 Å². The summed E-state index contributed by atoms with van der Waals surface area (Å²) in [6.07, 6.45) is 0.232. The van der Waals surface area contributed by atoms with E-state index in [0.29, 0.717) is 33.0 Å². The molecule has 0 amide bonds. The van der Waals surface area contributed by atoms with Crippen LogP contribution in [0.3, 0.4) is 0 Å². The predicted molar refractivity (Wildman–Crippen MR) is 61.3 cm³/mol. The number of carbonyl (C=O) groups excluding carboxylic acids is 1. The van der Waals surface area contributed by atoms with Crippen LogP contribution in [0, 0.1) is 0 Å². The Kier molecular flexibility index (Phi) is 11.5. The van der Waals surface area contributed by atoms with Gasteiger partial charge in [0.1, 0.15) is 6.61 Å². The lowest BCUT2D eigenvalue weighted by Crippen LogP contribution is -2.14. The van der Waals surface area contributed by atoms with E-state index in [4.69, 9.17) is 24.1 Å². The molecule has 0 atom stereocenters. The summed E-state index contributed by atoms with van der Waals surface area (Å²) in [7, 11) is 0. The molecule has 0 saturated heterocycles. The second-order valence-electron chi connectivity index (χ2n) is 3.23. The number of aliphatic carboxylic acids is 1. The molecule has 0 aliphatic carbocycles. The third-order valence-electron chi connectivity index (χ3n) is 1.73. The molecule has 0 aromatic carbocycles. The lowest BCUT2D eigenvalue weighted by Gasteiger charge is -2.05. The summed E-state index contributed by atoms with van der Waals surface area (Å²) in [5.74, 6) is -1.28. The lowest BCUT2D eigenvalue weighted by molar-refractivity contribution is -0.145. The number of carboxylic acid groups (broad SMARTS) is 1. The fourth-order valence-corrected chi connectivity index (χ4v) is 0.988. The maximum atomic E-state index is 10.9. The van der Waals surface area contributed by atoms with E-state index in [9.17, 15) is 9.59 Å². The highest BCUT2D eigenvalue weighted by Crippen LogP contribution is 1.88. The number of carbonyl (C=O) groups is 2. The van der Waals surface area contributed by atoms with Gasteiger partial charge in [0, 0.05) is 0 Å². The highest BCUT2D eigenvalue weighted by molar-refractivity contribution is 5.69. The van der Waals surface area contributed by atoms with Gasteiger partial charge in [0.05, 0.1) is 46.1 Å². The van der Waals surface area contributed by atoms with Gasteiger partial charge in [-0.2, -0.15) is 0 Å². The van der Waals surface area contributed by atoms with Crippen LogP contribution in [0.4, 0.5) is 0 Å². The van der Waals surface area contributed by atoms with Gasteiger partial charge < -0.3 is 24.1 Å². The molecular formula is C11H20O7. The van der Waals surface area contributed by atoms with Gasteiger partial charge in [0.2, 0.25) is 0 Å². The number of hydrogen-bond acceptors (Lipinski definition) is 6. The average molecular weight is 264 g/mol. The van der Waals surface area contributed by atoms with E-state index >= 15 is 0 Å². The monoisotopic (exact) mass is 264 g/mol. The molecule has 7 nitrogen and oxygen atoms in total. The van der Waals surface area contributed by atoms with Gasteiger partial charge in [-0.1, -0.05) is 0 Å². The van der Waals surface area contributed by atoms with Crippen LogP contribution in [0.5, 0.6) is 0 Å². The minimum Gasteiger partial charge on any atom is -0.480 e. The Labute approximate surface area is 106 Å². The molecule has 7 heteroatoms. The minimum atomic E-state index is -1.00. The first-order chi connectivity index (χ1) is 8.66. The smallest absolute Gasteiger partial charge is 0.329 e. The second-order valence-corrected chi connectivity index (χ2v) is 3.23. The average Bonchev–Trinajstić information content (AvgIpc) is 2.31. The van der Waals surface area contributed by atoms with E-state index in [2.05, 4.69) is 0 Å². The summed E-state index contributed by atoms with van der Waals surface area (Å²) in [5.41, 5.74) is 0. The van der Waals surface area contributed by atoms with Crippen molar-refractivity contribution in [1.82, 2.24) is 0 Å². The van der Waals surface area contributed by atoms with Gasteiger partial charge in [-0.15, -0.1) is 0 Å². The molecule has 0 aliphatic heterocycles. The van der Waals surface area contributed by atoms with Crippen molar-refractivity contribution in [2.75, 3.05) is 46.2 Å². The topological polar surface area (TPSA) is 91.3 Å². The maximum absolute atomic E-state index is 10.9. The van der Waals surface area contributed by atoms with Crippen LogP contribution in [0.15, 0.2) is 0 Å². The molecule has 0 aliphatic rings. The predicted octanol–water partition coefficient (Wildman–Crippen LogP) is 0.0740. The molecule has 0 saturated carbocycles. The van der Waals surface area contributed by atoms with Gasteiger partial charge in [0.15, 0.2) is 0 Å². The fourth-order valence-electron chi connectivity index (χ4n) is 0.988. The molecular weight excluding hydrogens is 244 g/mol. The summed E-state index contributed by atoms with van der Waals surface area (Å²) in [6.45, 7) is 3.40. The summed E-state index contributed by atoms with van der Waals surface area (Å²) >= 11 is 0. The van der Waals surface area contributed by atoms with Crippen molar-refractivity contribution in [3.8, 4) is 0 Å². The normalized spacial score (nSPS) is 10.3. The van der Waals surface area contributed by atoms with E-state index in [1.54, 1.807) is 6.92 Å². The Hall–Kier alpha value is -1.18. The van der Waals surface area contributed by atoms with Crippen molar-refractivity contribution in [2.24, 2.45) is 0 Å². The minimum absolute atomic E-state index is 0.231. The zero-order chi connectivity index (χ0) is 13.6. The van der Waals surface area contributed by atoms with Crippen LogP contribution in [0.2, 0.25) is 0 Å². The first-order valence-electron chi connectivity index (χ1n) is 5.77. The molecule has 18 heavy (non-hydrogen) atoms. The van der Waals surface area contributed by atoms with Crippen LogP contribution in [-0.2, 0) is 28.5 Å². The largest absolute Gasteiger partial charge is 0.480 e. The summed E-state index contributed by atoms with van der Waals surface area (Å²) in [6, 6.07) is 0. The van der Waals surface area contributed by atoms with Gasteiger partial charge in [0.25, 0.3) is 0 Å². The van der Waals surface area contributed by atoms with Crippen molar-refractivity contribution in [3.05, 3.63) is 0 Å². The van der Waals surface area contributed by atoms with Crippen molar-refractivity contribution in [1.29, 1.82) is 0 Å². The molecule has 0 aromatic rings. The first kappa shape index (κ1) is 16.8. The van der Waals surface area contributed by atoms with Crippen LogP contribution >= 0.6 is 0 Å². The van der Waals surface area contributed by atoms with Crippen LogP contribution in [0.1, 0.15) is 13.3 Å². The molecule has 0 fully saturated rings. The number of esters is 1. The van der Waals surface area contributed by atoms with E-state index < -0.39 is 5.97 Å². The quantitative estimate of drug-likeness (QED) is 0.394. The van der Waals surface area contributed by atoms with Gasteiger partial charge in [-0.25, -0.2) is 4.79 Å². The van der Waals surface area contributed by atoms with Crippen molar-refractivity contribution in [2.45, 2.75) is 13.3 Å². The van der Waals surface area contributed by atoms with E-state index in [1.165, 1.54) is 0 Å². The van der Waals surface area contributed by atoms with Gasteiger partial charge in [-0.3, -0.25) is 4.79 Å². The third kappa shape index (κ3) is 12.9.